The minimum atomic E-state index is -0.162. The lowest BCUT2D eigenvalue weighted by Crippen LogP contribution is -2.18. The average Bonchev–Trinajstić information content (AvgIpc) is 2.50. The monoisotopic (exact) mass is 280 g/mol. The molecule has 0 aliphatic rings. The van der Waals surface area contributed by atoms with Crippen molar-refractivity contribution in [1.82, 2.24) is 0 Å². The number of methoxy groups -OCH3 is 2. The molecule has 0 heterocycles. The van der Waals surface area contributed by atoms with Gasteiger partial charge in [-0.15, -0.1) is 0 Å². The van der Waals surface area contributed by atoms with Gasteiger partial charge >= 0.3 is 5.97 Å². The van der Waals surface area contributed by atoms with Crippen LogP contribution in [0.3, 0.4) is 0 Å². The van der Waals surface area contributed by atoms with Crippen molar-refractivity contribution < 1.29 is 19.0 Å². The van der Waals surface area contributed by atoms with Crippen LogP contribution in [0, 0.1) is 5.92 Å². The smallest absolute Gasteiger partial charge is 0.308 e. The lowest BCUT2D eigenvalue weighted by molar-refractivity contribution is -0.146. The minimum absolute atomic E-state index is 0.0970. The van der Waals surface area contributed by atoms with E-state index < -0.39 is 0 Å². The first-order valence-corrected chi connectivity index (χ1v) is 6.96. The Morgan fingerprint density at radius 2 is 1.85 bits per heavy atom. The zero-order valence-corrected chi connectivity index (χ0v) is 12.3. The summed E-state index contributed by atoms with van der Waals surface area (Å²) in [6.45, 7) is 1.84. The highest BCUT2D eigenvalue weighted by Crippen LogP contribution is 2.14. The fourth-order valence-corrected chi connectivity index (χ4v) is 2.00. The van der Waals surface area contributed by atoms with Crippen LogP contribution in [0.2, 0.25) is 0 Å². The number of hydrogen-bond acceptors (Lipinski definition) is 4. The van der Waals surface area contributed by atoms with Gasteiger partial charge in [-0.25, -0.2) is 0 Å². The first-order valence-electron chi connectivity index (χ1n) is 6.96. The van der Waals surface area contributed by atoms with Crippen molar-refractivity contribution >= 4 is 5.97 Å². The highest BCUT2D eigenvalue weighted by atomic mass is 16.5. The second-order valence-corrected chi connectivity index (χ2v) is 4.68. The van der Waals surface area contributed by atoms with Gasteiger partial charge in [0.2, 0.25) is 0 Å². The molecule has 112 valence electrons. The number of esters is 1. The summed E-state index contributed by atoms with van der Waals surface area (Å²) in [5.74, 6) is -0.259. The highest BCUT2D eigenvalue weighted by molar-refractivity contribution is 5.72. The molecule has 0 fully saturated rings. The van der Waals surface area contributed by atoms with E-state index in [2.05, 4.69) is 0 Å². The van der Waals surface area contributed by atoms with E-state index in [-0.39, 0.29) is 11.9 Å². The van der Waals surface area contributed by atoms with Gasteiger partial charge in [0.15, 0.2) is 0 Å². The Morgan fingerprint density at radius 1 is 1.10 bits per heavy atom. The summed E-state index contributed by atoms with van der Waals surface area (Å²) in [7, 11) is 3.06. The van der Waals surface area contributed by atoms with Gasteiger partial charge in [-0.05, 0) is 24.8 Å². The van der Waals surface area contributed by atoms with Crippen molar-refractivity contribution in [1.29, 1.82) is 0 Å². The summed E-state index contributed by atoms with van der Waals surface area (Å²) < 4.78 is 15.4. The fourth-order valence-electron chi connectivity index (χ4n) is 2.00. The molecule has 0 saturated heterocycles. The third-order valence-electron chi connectivity index (χ3n) is 3.16. The Labute approximate surface area is 121 Å². The summed E-state index contributed by atoms with van der Waals surface area (Å²) >= 11 is 0. The van der Waals surface area contributed by atoms with E-state index in [1.54, 1.807) is 7.11 Å². The van der Waals surface area contributed by atoms with Crippen LogP contribution < -0.4 is 0 Å². The molecule has 1 atom stereocenters. The molecule has 0 aliphatic heterocycles. The summed E-state index contributed by atoms with van der Waals surface area (Å²) in [5, 5.41) is 0. The van der Waals surface area contributed by atoms with E-state index in [1.807, 2.05) is 30.3 Å². The molecule has 0 amide bonds. The molecule has 0 aliphatic carbocycles. The molecule has 4 heteroatoms. The third kappa shape index (κ3) is 6.68. The van der Waals surface area contributed by atoms with Crippen LogP contribution in [0.15, 0.2) is 30.3 Å². The van der Waals surface area contributed by atoms with Gasteiger partial charge in [0, 0.05) is 20.3 Å². The number of rotatable bonds is 10. The molecule has 0 spiro atoms. The van der Waals surface area contributed by atoms with Crippen molar-refractivity contribution in [2.24, 2.45) is 5.92 Å². The largest absolute Gasteiger partial charge is 0.469 e. The minimum Gasteiger partial charge on any atom is -0.469 e. The maximum absolute atomic E-state index is 11.6. The molecule has 0 aromatic heterocycles. The molecule has 0 saturated carbocycles. The Morgan fingerprint density at radius 3 is 2.50 bits per heavy atom. The average molecular weight is 280 g/mol. The van der Waals surface area contributed by atoms with Crippen LogP contribution in [0.25, 0.3) is 0 Å². The highest BCUT2D eigenvalue weighted by Gasteiger charge is 2.18. The van der Waals surface area contributed by atoms with Crippen molar-refractivity contribution in [3.8, 4) is 0 Å². The van der Waals surface area contributed by atoms with Crippen LogP contribution in [0.4, 0.5) is 0 Å². The molecule has 20 heavy (non-hydrogen) atoms. The SMILES string of the molecule is COCCC(CCCOCc1ccccc1)C(=O)OC. The summed E-state index contributed by atoms with van der Waals surface area (Å²) in [6.07, 6.45) is 2.31. The molecular formula is C16H24O4. The zero-order chi connectivity index (χ0) is 14.6. The second-order valence-electron chi connectivity index (χ2n) is 4.68. The molecular weight excluding hydrogens is 256 g/mol. The molecule has 1 aromatic rings. The van der Waals surface area contributed by atoms with E-state index in [9.17, 15) is 4.79 Å². The Kier molecular flexibility index (Phi) is 8.67. The molecule has 0 bridgehead atoms. The van der Waals surface area contributed by atoms with Crippen molar-refractivity contribution in [2.45, 2.75) is 25.9 Å². The molecule has 1 rings (SSSR count). The fraction of sp³-hybridized carbons (Fsp3) is 0.562. The van der Waals surface area contributed by atoms with Crippen LogP contribution >= 0.6 is 0 Å². The molecule has 0 N–H and O–H groups in total. The van der Waals surface area contributed by atoms with Gasteiger partial charge < -0.3 is 14.2 Å². The molecule has 1 unspecified atom stereocenters. The number of hydrogen-bond donors (Lipinski definition) is 0. The van der Waals surface area contributed by atoms with E-state index in [1.165, 1.54) is 7.11 Å². The van der Waals surface area contributed by atoms with Gasteiger partial charge in [0.1, 0.15) is 0 Å². The lowest BCUT2D eigenvalue weighted by atomic mass is 10.0. The predicted octanol–water partition coefficient (Wildman–Crippen LogP) is 2.81. The first kappa shape index (κ1) is 16.7. The van der Waals surface area contributed by atoms with Crippen LogP contribution in [-0.2, 0) is 25.6 Å². The van der Waals surface area contributed by atoms with Crippen molar-refractivity contribution in [2.75, 3.05) is 27.4 Å². The topological polar surface area (TPSA) is 44.8 Å². The summed E-state index contributed by atoms with van der Waals surface area (Å²) in [4.78, 5) is 11.6. The number of carbonyl (C=O) groups excluding carboxylic acids is 1. The second kappa shape index (κ2) is 10.4. The van der Waals surface area contributed by atoms with Gasteiger partial charge in [-0.3, -0.25) is 4.79 Å². The van der Waals surface area contributed by atoms with Crippen LogP contribution in [0.5, 0.6) is 0 Å². The Bertz CT molecular complexity index is 364. The van der Waals surface area contributed by atoms with Crippen molar-refractivity contribution in [3.05, 3.63) is 35.9 Å². The summed E-state index contributed by atoms with van der Waals surface area (Å²) in [5.41, 5.74) is 1.16. The van der Waals surface area contributed by atoms with Gasteiger partial charge in [0.25, 0.3) is 0 Å². The van der Waals surface area contributed by atoms with Gasteiger partial charge in [-0.2, -0.15) is 0 Å². The van der Waals surface area contributed by atoms with Crippen LogP contribution in [-0.4, -0.2) is 33.4 Å². The maximum atomic E-state index is 11.6. The molecule has 4 nitrogen and oxygen atoms in total. The quantitative estimate of drug-likeness (QED) is 0.488. The number of ether oxygens (including phenoxy) is 3. The molecule has 1 aromatic carbocycles. The van der Waals surface area contributed by atoms with E-state index in [4.69, 9.17) is 14.2 Å². The number of benzene rings is 1. The maximum Gasteiger partial charge on any atom is 0.308 e. The predicted molar refractivity (Wildman–Crippen MR) is 77.3 cm³/mol. The third-order valence-corrected chi connectivity index (χ3v) is 3.16. The van der Waals surface area contributed by atoms with Crippen molar-refractivity contribution in [3.63, 3.8) is 0 Å². The lowest BCUT2D eigenvalue weighted by Gasteiger charge is -2.14. The van der Waals surface area contributed by atoms with Gasteiger partial charge in [-0.1, -0.05) is 30.3 Å². The van der Waals surface area contributed by atoms with E-state index in [0.717, 1.165) is 18.4 Å². The van der Waals surface area contributed by atoms with E-state index in [0.29, 0.717) is 26.2 Å². The van der Waals surface area contributed by atoms with E-state index >= 15 is 0 Å². The molecule has 0 radical (unpaired) electrons. The summed E-state index contributed by atoms with van der Waals surface area (Å²) in [6, 6.07) is 10.1. The van der Waals surface area contributed by atoms with Gasteiger partial charge in [0.05, 0.1) is 19.6 Å². The Balaban J connectivity index is 2.18. The number of carbonyl (C=O) groups is 1. The normalized spacial score (nSPS) is 12.1. The zero-order valence-electron chi connectivity index (χ0n) is 12.3. The standard InChI is InChI=1S/C16H24O4/c1-18-12-10-15(16(17)19-2)9-6-11-20-13-14-7-4-3-5-8-14/h3-5,7-8,15H,6,9-13H2,1-2H3. The van der Waals surface area contributed by atoms with Crippen LogP contribution in [0.1, 0.15) is 24.8 Å². The Hall–Kier alpha value is -1.39. The first-order chi connectivity index (χ1) is 9.77.